The number of benzene rings is 2. The first kappa shape index (κ1) is 19.7. The summed E-state index contributed by atoms with van der Waals surface area (Å²) in [7, 11) is 0. The number of hydrogen-bond acceptors (Lipinski definition) is 5. The Hall–Kier alpha value is -3.56. The molecule has 6 nitrogen and oxygen atoms in total. The zero-order chi connectivity index (χ0) is 20.8. The molecule has 0 saturated carbocycles. The first-order chi connectivity index (χ1) is 14.7. The van der Waals surface area contributed by atoms with Crippen LogP contribution in [0.5, 0.6) is 5.75 Å². The molecule has 1 aliphatic heterocycles. The molecule has 2 heterocycles. The highest BCUT2D eigenvalue weighted by Crippen LogP contribution is 2.19. The molecule has 0 radical (unpaired) electrons. The molecule has 2 aromatic carbocycles. The van der Waals surface area contributed by atoms with Gasteiger partial charge in [-0.15, -0.1) is 0 Å². The van der Waals surface area contributed by atoms with Gasteiger partial charge in [0.15, 0.2) is 0 Å². The molecule has 1 amide bonds. The minimum Gasteiger partial charge on any atom is -0.488 e. The molecule has 1 aliphatic rings. The van der Waals surface area contributed by atoms with Crippen molar-refractivity contribution in [3.63, 3.8) is 0 Å². The van der Waals surface area contributed by atoms with Crippen molar-refractivity contribution in [1.82, 2.24) is 9.80 Å². The molecule has 0 unspecified atom stereocenters. The molecule has 30 heavy (non-hydrogen) atoms. The van der Waals surface area contributed by atoms with E-state index in [9.17, 15) is 10.1 Å². The smallest absolute Gasteiger partial charge is 0.253 e. The Bertz CT molecular complexity index is 1030. The van der Waals surface area contributed by atoms with Gasteiger partial charge in [-0.2, -0.15) is 5.26 Å². The van der Waals surface area contributed by atoms with Crippen molar-refractivity contribution >= 4 is 5.91 Å². The van der Waals surface area contributed by atoms with Gasteiger partial charge in [-0.05, 0) is 42.0 Å². The fraction of sp³-hybridized carbons (Fsp3) is 0.250. The van der Waals surface area contributed by atoms with Gasteiger partial charge in [0, 0.05) is 31.7 Å². The van der Waals surface area contributed by atoms with E-state index in [1.54, 1.807) is 24.5 Å². The zero-order valence-electron chi connectivity index (χ0n) is 16.7. The molecule has 0 N–H and O–H groups in total. The summed E-state index contributed by atoms with van der Waals surface area (Å²) in [5, 5.41) is 9.18. The average Bonchev–Trinajstić information content (AvgIpc) is 3.31. The SMILES string of the molecule is N#Cc1ccccc1OCc1cccc(C(=O)N2CCN(Cc3ccco3)CC2)c1. The van der Waals surface area contributed by atoms with Crippen LogP contribution in [-0.4, -0.2) is 41.9 Å². The molecule has 152 valence electrons. The Morgan fingerprint density at radius 1 is 1.03 bits per heavy atom. The number of nitrogens with zero attached hydrogens (tertiary/aromatic N) is 3. The molecule has 0 atom stereocenters. The number of furan rings is 1. The summed E-state index contributed by atoms with van der Waals surface area (Å²) < 4.78 is 11.2. The zero-order valence-corrected chi connectivity index (χ0v) is 16.7. The molecular formula is C24H23N3O3. The average molecular weight is 401 g/mol. The van der Waals surface area contributed by atoms with E-state index in [1.165, 1.54) is 0 Å². The molecule has 0 aliphatic carbocycles. The lowest BCUT2D eigenvalue weighted by atomic mass is 10.1. The van der Waals surface area contributed by atoms with Crippen LogP contribution in [0.25, 0.3) is 0 Å². The first-order valence-corrected chi connectivity index (χ1v) is 9.98. The third kappa shape index (κ3) is 4.70. The van der Waals surface area contributed by atoms with Crippen LogP contribution in [-0.2, 0) is 13.2 Å². The highest BCUT2D eigenvalue weighted by molar-refractivity contribution is 5.94. The molecule has 4 rings (SSSR count). The number of rotatable bonds is 6. The predicted molar refractivity (Wildman–Crippen MR) is 112 cm³/mol. The fourth-order valence-electron chi connectivity index (χ4n) is 3.55. The Morgan fingerprint density at radius 3 is 2.63 bits per heavy atom. The third-order valence-electron chi connectivity index (χ3n) is 5.19. The summed E-state index contributed by atoms with van der Waals surface area (Å²) in [5.74, 6) is 1.52. The standard InChI is InChI=1S/C24H23N3O3/c25-16-21-6-1-2-9-23(21)30-18-19-5-3-7-20(15-19)24(28)27-12-10-26(11-13-27)17-22-8-4-14-29-22/h1-9,14-15H,10-13,17-18H2. The highest BCUT2D eigenvalue weighted by Gasteiger charge is 2.22. The highest BCUT2D eigenvalue weighted by atomic mass is 16.5. The predicted octanol–water partition coefficient (Wildman–Crippen LogP) is 3.69. The van der Waals surface area contributed by atoms with Gasteiger partial charge >= 0.3 is 0 Å². The van der Waals surface area contributed by atoms with Gasteiger partial charge in [0.25, 0.3) is 5.91 Å². The second kappa shape index (κ2) is 9.29. The Kier molecular flexibility index (Phi) is 6.11. The number of nitriles is 1. The summed E-state index contributed by atoms with van der Waals surface area (Å²) in [4.78, 5) is 17.1. The van der Waals surface area contributed by atoms with E-state index >= 15 is 0 Å². The summed E-state index contributed by atoms with van der Waals surface area (Å²) in [6, 6.07) is 20.6. The Balaban J connectivity index is 1.34. The Labute approximate surface area is 175 Å². The van der Waals surface area contributed by atoms with Crippen molar-refractivity contribution in [3.8, 4) is 11.8 Å². The van der Waals surface area contributed by atoms with Crippen LogP contribution < -0.4 is 4.74 Å². The quantitative estimate of drug-likeness (QED) is 0.630. The minimum absolute atomic E-state index is 0.0342. The molecule has 1 aromatic heterocycles. The molecule has 3 aromatic rings. The van der Waals surface area contributed by atoms with Crippen molar-refractivity contribution in [3.05, 3.63) is 89.4 Å². The number of ether oxygens (including phenoxy) is 1. The van der Waals surface area contributed by atoms with Crippen LogP contribution in [0, 0.1) is 11.3 Å². The van der Waals surface area contributed by atoms with Gasteiger partial charge in [0.2, 0.25) is 0 Å². The van der Waals surface area contributed by atoms with Crippen molar-refractivity contribution < 1.29 is 13.9 Å². The topological polar surface area (TPSA) is 69.7 Å². The number of carbonyl (C=O) groups is 1. The first-order valence-electron chi connectivity index (χ1n) is 9.98. The van der Waals surface area contributed by atoms with Crippen molar-refractivity contribution in [2.24, 2.45) is 0 Å². The van der Waals surface area contributed by atoms with Crippen LogP contribution >= 0.6 is 0 Å². The van der Waals surface area contributed by atoms with Crippen molar-refractivity contribution in [2.45, 2.75) is 13.2 Å². The van der Waals surface area contributed by atoms with Crippen LogP contribution in [0.2, 0.25) is 0 Å². The second-order valence-electron chi connectivity index (χ2n) is 7.24. The van der Waals surface area contributed by atoms with Crippen molar-refractivity contribution in [2.75, 3.05) is 26.2 Å². The molecule has 1 fully saturated rings. The molecule has 0 bridgehead atoms. The lowest BCUT2D eigenvalue weighted by molar-refractivity contribution is 0.0620. The van der Waals surface area contributed by atoms with Crippen LogP contribution in [0.4, 0.5) is 0 Å². The monoisotopic (exact) mass is 401 g/mol. The van der Waals surface area contributed by atoms with E-state index in [4.69, 9.17) is 9.15 Å². The van der Waals surface area contributed by atoms with Gasteiger partial charge in [0.05, 0.1) is 18.4 Å². The van der Waals surface area contributed by atoms with Crippen LogP contribution in [0.1, 0.15) is 27.2 Å². The fourth-order valence-corrected chi connectivity index (χ4v) is 3.55. The van der Waals surface area contributed by atoms with Crippen LogP contribution in [0.15, 0.2) is 71.3 Å². The number of para-hydroxylation sites is 1. The summed E-state index contributed by atoms with van der Waals surface area (Å²) >= 11 is 0. The van der Waals surface area contributed by atoms with E-state index in [0.717, 1.165) is 31.0 Å². The summed E-state index contributed by atoms with van der Waals surface area (Å²) in [6.07, 6.45) is 1.69. The van der Waals surface area contributed by atoms with Crippen LogP contribution in [0.3, 0.4) is 0 Å². The van der Waals surface area contributed by atoms with Gasteiger partial charge < -0.3 is 14.1 Å². The summed E-state index contributed by atoms with van der Waals surface area (Å²) in [6.45, 7) is 4.09. The summed E-state index contributed by atoms with van der Waals surface area (Å²) in [5.41, 5.74) is 2.05. The van der Waals surface area contributed by atoms with E-state index in [-0.39, 0.29) is 5.91 Å². The molecular weight excluding hydrogens is 378 g/mol. The number of hydrogen-bond donors (Lipinski definition) is 0. The molecule has 6 heteroatoms. The lowest BCUT2D eigenvalue weighted by Crippen LogP contribution is -2.48. The number of carbonyl (C=O) groups excluding carboxylic acids is 1. The molecule has 1 saturated heterocycles. The Morgan fingerprint density at radius 2 is 1.87 bits per heavy atom. The van der Waals surface area contributed by atoms with E-state index in [2.05, 4.69) is 11.0 Å². The van der Waals surface area contributed by atoms with Gasteiger partial charge in [-0.25, -0.2) is 0 Å². The largest absolute Gasteiger partial charge is 0.488 e. The maximum Gasteiger partial charge on any atom is 0.253 e. The number of amides is 1. The van der Waals surface area contributed by atoms with Gasteiger partial charge in [-0.1, -0.05) is 24.3 Å². The third-order valence-corrected chi connectivity index (χ3v) is 5.19. The normalized spacial score (nSPS) is 14.3. The van der Waals surface area contributed by atoms with E-state index in [0.29, 0.717) is 36.6 Å². The molecule has 0 spiro atoms. The minimum atomic E-state index is 0.0342. The lowest BCUT2D eigenvalue weighted by Gasteiger charge is -2.34. The van der Waals surface area contributed by atoms with Crippen molar-refractivity contribution in [1.29, 1.82) is 5.26 Å². The van der Waals surface area contributed by atoms with Gasteiger partial charge in [-0.3, -0.25) is 9.69 Å². The number of piperazine rings is 1. The van der Waals surface area contributed by atoms with Gasteiger partial charge in [0.1, 0.15) is 24.2 Å². The second-order valence-corrected chi connectivity index (χ2v) is 7.24. The van der Waals surface area contributed by atoms with E-state index < -0.39 is 0 Å². The maximum absolute atomic E-state index is 13.0. The maximum atomic E-state index is 13.0. The van der Waals surface area contributed by atoms with E-state index in [1.807, 2.05) is 47.4 Å².